The van der Waals surface area contributed by atoms with E-state index in [0.29, 0.717) is 17.1 Å². The average Bonchev–Trinajstić information content (AvgIpc) is 2.97. The first kappa shape index (κ1) is 11.0. The number of carbonyl (C=O) groups is 1. The van der Waals surface area contributed by atoms with Crippen LogP contribution in [0.25, 0.3) is 11.1 Å². The van der Waals surface area contributed by atoms with Gasteiger partial charge in [-0.2, -0.15) is 0 Å². The largest absolute Gasteiger partial charge is 0.465 e. The topological polar surface area (TPSA) is 30.2 Å². The van der Waals surface area contributed by atoms with Crippen LogP contribution in [0.3, 0.4) is 0 Å². The monoisotopic (exact) mass is 293 g/mol. The van der Waals surface area contributed by atoms with Crippen LogP contribution < -0.4 is 0 Å². The molecule has 1 aromatic heterocycles. The molecule has 1 unspecified atom stereocenters. The first-order chi connectivity index (χ1) is 11.9. The molecule has 0 bridgehead atoms. The van der Waals surface area contributed by atoms with Crippen LogP contribution in [0.4, 0.5) is 0 Å². The van der Waals surface area contributed by atoms with Crippen molar-refractivity contribution in [2.75, 3.05) is 0 Å². The molecule has 0 fully saturated rings. The van der Waals surface area contributed by atoms with Gasteiger partial charge in [-0.15, -0.1) is 0 Å². The van der Waals surface area contributed by atoms with Crippen LogP contribution in [0.2, 0.25) is 0 Å². The second kappa shape index (κ2) is 6.02. The third-order valence-electron chi connectivity index (χ3n) is 3.63. The molecule has 1 heterocycles. The van der Waals surface area contributed by atoms with Crippen molar-refractivity contribution in [1.29, 1.82) is 0 Å². The number of hydrogen-bond donors (Lipinski definition) is 0. The summed E-state index contributed by atoms with van der Waals surface area (Å²) in [5.74, 6) is -0.813. The molecule has 2 aromatic carbocycles. The van der Waals surface area contributed by atoms with Gasteiger partial charge in [0.1, 0.15) is 23.2 Å². The normalized spacial score (nSPS) is 14.7. The molecule has 2 heteroatoms. The van der Waals surface area contributed by atoms with Gasteiger partial charge in [0.25, 0.3) is 0 Å². The summed E-state index contributed by atoms with van der Waals surface area (Å²) in [6.07, 6.45) is 0. The Morgan fingerprint density at radius 1 is 1.05 bits per heavy atom. The lowest BCUT2D eigenvalue weighted by atomic mass is 9.89. The zero-order valence-electron chi connectivity index (χ0n) is 15.2. The zero-order chi connectivity index (χ0) is 18.0. The van der Waals surface area contributed by atoms with Crippen LogP contribution in [0, 0.1) is 6.92 Å². The van der Waals surface area contributed by atoms with E-state index in [1.165, 1.54) is 0 Å². The molecular formula is C20H18O2. The predicted molar refractivity (Wildman–Crippen MR) is 87.8 cm³/mol. The number of hydrogen-bond acceptors (Lipinski definition) is 2. The summed E-state index contributed by atoms with van der Waals surface area (Å²) < 4.78 is 28.6. The second-order valence-electron chi connectivity index (χ2n) is 5.21. The maximum atomic E-state index is 12.7. The molecule has 22 heavy (non-hydrogen) atoms. The molecule has 0 N–H and O–H groups in total. The third-order valence-corrected chi connectivity index (χ3v) is 3.63. The van der Waals surface area contributed by atoms with Crippen molar-refractivity contribution in [1.82, 2.24) is 0 Å². The van der Waals surface area contributed by atoms with E-state index in [4.69, 9.17) is 8.53 Å². The number of rotatable bonds is 4. The minimum atomic E-state index is -2.71. The SMILES string of the molecule is [2H]C([2H])([2H])C(=O)C(c1ccccc1)c1oc(C)cc1-c1ccccc1. The van der Waals surface area contributed by atoms with Crippen molar-refractivity contribution in [3.63, 3.8) is 0 Å². The molecule has 0 radical (unpaired) electrons. The van der Waals surface area contributed by atoms with Gasteiger partial charge in [-0.3, -0.25) is 4.79 Å². The highest BCUT2D eigenvalue weighted by molar-refractivity contribution is 5.88. The molecular weight excluding hydrogens is 272 g/mol. The number of Topliss-reactive ketones (excluding diaryl/α,β-unsaturated/α-hetero) is 1. The Morgan fingerprint density at radius 2 is 1.68 bits per heavy atom. The van der Waals surface area contributed by atoms with Gasteiger partial charge < -0.3 is 4.42 Å². The second-order valence-corrected chi connectivity index (χ2v) is 5.21. The van der Waals surface area contributed by atoms with Crippen LogP contribution in [0.5, 0.6) is 0 Å². The van der Waals surface area contributed by atoms with E-state index < -0.39 is 18.6 Å². The Hall–Kier alpha value is -2.61. The Balaban J connectivity index is 2.20. The van der Waals surface area contributed by atoms with Crippen molar-refractivity contribution in [2.24, 2.45) is 0 Å². The van der Waals surface area contributed by atoms with Crippen LogP contribution in [-0.4, -0.2) is 5.78 Å². The highest BCUT2D eigenvalue weighted by Gasteiger charge is 2.26. The minimum Gasteiger partial charge on any atom is -0.465 e. The van der Waals surface area contributed by atoms with E-state index >= 15 is 0 Å². The fourth-order valence-electron chi connectivity index (χ4n) is 2.66. The minimum absolute atomic E-state index is 0.371. The lowest BCUT2D eigenvalue weighted by molar-refractivity contribution is -0.117. The fourth-order valence-corrected chi connectivity index (χ4v) is 2.66. The molecule has 0 saturated heterocycles. The third kappa shape index (κ3) is 2.73. The van der Waals surface area contributed by atoms with E-state index in [1.807, 2.05) is 42.5 Å². The van der Waals surface area contributed by atoms with E-state index in [-0.39, 0.29) is 0 Å². The Bertz CT molecular complexity index is 865. The molecule has 0 aliphatic rings. The number of aryl methyl sites for hydroxylation is 1. The maximum absolute atomic E-state index is 12.7. The van der Waals surface area contributed by atoms with E-state index in [9.17, 15) is 4.79 Å². The zero-order valence-corrected chi connectivity index (χ0v) is 12.2. The lowest BCUT2D eigenvalue weighted by Gasteiger charge is -2.14. The van der Waals surface area contributed by atoms with Gasteiger partial charge in [0.15, 0.2) is 0 Å². The Labute approximate surface area is 134 Å². The summed E-state index contributed by atoms with van der Waals surface area (Å²) in [4.78, 5) is 12.7. The fraction of sp³-hybridized carbons (Fsp3) is 0.150. The molecule has 1 atom stereocenters. The van der Waals surface area contributed by atoms with Crippen molar-refractivity contribution in [2.45, 2.75) is 19.7 Å². The standard InChI is InChI=1S/C20H18O2/c1-14-13-18(16-9-5-3-6-10-16)20(22-14)19(15(2)21)17-11-7-4-8-12-17/h3-13,19H,1-2H3/i2D3. The molecule has 0 aliphatic carbocycles. The maximum Gasteiger partial charge on any atom is 0.144 e. The van der Waals surface area contributed by atoms with Crippen LogP contribution >= 0.6 is 0 Å². The van der Waals surface area contributed by atoms with Gasteiger partial charge >= 0.3 is 0 Å². The van der Waals surface area contributed by atoms with Crippen molar-refractivity contribution < 1.29 is 13.3 Å². The molecule has 0 amide bonds. The van der Waals surface area contributed by atoms with E-state index in [1.54, 1.807) is 31.2 Å². The van der Waals surface area contributed by atoms with Gasteiger partial charge in [0, 0.05) is 9.68 Å². The highest BCUT2D eigenvalue weighted by Crippen LogP contribution is 2.36. The number of furan rings is 1. The first-order valence-corrected chi connectivity index (χ1v) is 7.13. The summed E-state index contributed by atoms with van der Waals surface area (Å²) in [7, 11) is 0. The Kier molecular flexibility index (Phi) is 3.02. The van der Waals surface area contributed by atoms with Gasteiger partial charge in [0.05, 0.1) is 0 Å². The summed E-state index contributed by atoms with van der Waals surface area (Å²) >= 11 is 0. The van der Waals surface area contributed by atoms with Gasteiger partial charge in [0.2, 0.25) is 0 Å². The summed E-state index contributed by atoms with van der Waals surface area (Å²) in [6, 6.07) is 20.3. The lowest BCUT2D eigenvalue weighted by Crippen LogP contribution is -2.10. The van der Waals surface area contributed by atoms with Crippen molar-refractivity contribution in [3.8, 4) is 11.1 Å². The van der Waals surface area contributed by atoms with Crippen molar-refractivity contribution >= 4 is 5.78 Å². The molecule has 3 aromatic rings. The molecule has 2 nitrogen and oxygen atoms in total. The van der Waals surface area contributed by atoms with Crippen LogP contribution in [0.1, 0.15) is 34.0 Å². The number of ketones is 1. The molecule has 0 aliphatic heterocycles. The van der Waals surface area contributed by atoms with Gasteiger partial charge in [-0.1, -0.05) is 60.7 Å². The molecule has 3 rings (SSSR count). The van der Waals surface area contributed by atoms with Crippen LogP contribution in [0.15, 0.2) is 71.1 Å². The smallest absolute Gasteiger partial charge is 0.144 e. The number of carbonyl (C=O) groups excluding carboxylic acids is 1. The van der Waals surface area contributed by atoms with Crippen LogP contribution in [-0.2, 0) is 4.79 Å². The van der Waals surface area contributed by atoms with Crippen molar-refractivity contribution in [3.05, 3.63) is 83.8 Å². The summed E-state index contributed by atoms with van der Waals surface area (Å²) in [6.45, 7) is -0.924. The average molecular weight is 293 g/mol. The molecule has 0 spiro atoms. The number of benzene rings is 2. The summed E-state index contributed by atoms with van der Waals surface area (Å²) in [5, 5.41) is 0. The highest BCUT2D eigenvalue weighted by atomic mass is 16.3. The molecule has 0 saturated carbocycles. The van der Waals surface area contributed by atoms with Gasteiger partial charge in [-0.05, 0) is 31.0 Å². The van der Waals surface area contributed by atoms with Gasteiger partial charge in [-0.25, -0.2) is 0 Å². The first-order valence-electron chi connectivity index (χ1n) is 8.63. The van der Waals surface area contributed by atoms with E-state index in [2.05, 4.69) is 0 Å². The van der Waals surface area contributed by atoms with E-state index in [0.717, 1.165) is 11.1 Å². The summed E-state index contributed by atoms with van der Waals surface area (Å²) in [5.41, 5.74) is 2.23. The quantitative estimate of drug-likeness (QED) is 0.679. The Morgan fingerprint density at radius 3 is 2.32 bits per heavy atom. The predicted octanol–water partition coefficient (Wildman–Crippen LogP) is 4.98. The molecule has 110 valence electrons.